The van der Waals surface area contributed by atoms with Gasteiger partial charge in [0.05, 0.1) is 6.61 Å². The van der Waals surface area contributed by atoms with Gasteiger partial charge in [-0.2, -0.15) is 0 Å². The Balaban J connectivity index is 2.86. The van der Waals surface area contributed by atoms with Gasteiger partial charge in [-0.1, -0.05) is 11.6 Å². The Kier molecular flexibility index (Phi) is 4.28. The lowest BCUT2D eigenvalue weighted by Gasteiger charge is -2.02. The number of hydrogen-bond acceptors (Lipinski definition) is 3. The Bertz CT molecular complexity index is 302. The number of halogens is 1. The third-order valence-electron chi connectivity index (χ3n) is 1.45. The number of rotatable bonds is 4. The standard InChI is InChI=1S/C9H9ClO2S/c10-8-1-2-9(13-4-3-11)7(5-8)6-12/h1-2,5-6,11H,3-4H2. The molecule has 0 saturated carbocycles. The SMILES string of the molecule is O=Cc1cc(Cl)ccc1SCCO. The smallest absolute Gasteiger partial charge is 0.151 e. The summed E-state index contributed by atoms with van der Waals surface area (Å²) in [5, 5.41) is 9.16. The molecule has 0 radical (unpaired) electrons. The number of carbonyl (C=O) groups excluding carboxylic acids is 1. The first kappa shape index (κ1) is 10.6. The molecular formula is C9H9ClO2S. The van der Waals surface area contributed by atoms with Crippen LogP contribution in [-0.4, -0.2) is 23.8 Å². The van der Waals surface area contributed by atoms with Gasteiger partial charge in [0.2, 0.25) is 0 Å². The van der Waals surface area contributed by atoms with E-state index in [1.54, 1.807) is 18.2 Å². The molecule has 13 heavy (non-hydrogen) atoms. The van der Waals surface area contributed by atoms with Crippen molar-refractivity contribution in [3.8, 4) is 0 Å². The van der Waals surface area contributed by atoms with Crippen molar-refractivity contribution >= 4 is 29.6 Å². The number of benzene rings is 1. The van der Waals surface area contributed by atoms with Gasteiger partial charge in [0.1, 0.15) is 0 Å². The van der Waals surface area contributed by atoms with Gasteiger partial charge in [-0.3, -0.25) is 4.79 Å². The molecule has 0 aliphatic rings. The Labute approximate surface area is 85.9 Å². The third-order valence-corrected chi connectivity index (χ3v) is 2.75. The van der Waals surface area contributed by atoms with E-state index in [-0.39, 0.29) is 6.61 Å². The molecule has 0 heterocycles. The van der Waals surface area contributed by atoms with Crippen molar-refractivity contribution in [3.63, 3.8) is 0 Å². The van der Waals surface area contributed by atoms with Crippen LogP contribution in [0.25, 0.3) is 0 Å². The molecule has 0 saturated heterocycles. The molecular weight excluding hydrogens is 208 g/mol. The van der Waals surface area contributed by atoms with E-state index in [1.807, 2.05) is 0 Å². The molecule has 0 atom stereocenters. The van der Waals surface area contributed by atoms with Crippen LogP contribution >= 0.6 is 23.4 Å². The summed E-state index contributed by atoms with van der Waals surface area (Å²) in [6.07, 6.45) is 0.769. The van der Waals surface area contributed by atoms with Crippen LogP contribution in [0.4, 0.5) is 0 Å². The quantitative estimate of drug-likeness (QED) is 0.620. The second-order valence-electron chi connectivity index (χ2n) is 2.37. The molecule has 70 valence electrons. The summed E-state index contributed by atoms with van der Waals surface area (Å²) in [5.74, 6) is 0.586. The molecule has 0 amide bonds. The fourth-order valence-electron chi connectivity index (χ4n) is 0.898. The lowest BCUT2D eigenvalue weighted by Crippen LogP contribution is -1.89. The topological polar surface area (TPSA) is 37.3 Å². The van der Waals surface area contributed by atoms with Crippen molar-refractivity contribution in [2.45, 2.75) is 4.90 Å². The van der Waals surface area contributed by atoms with Gasteiger partial charge in [-0.05, 0) is 18.2 Å². The third kappa shape index (κ3) is 3.03. The minimum absolute atomic E-state index is 0.103. The Morgan fingerprint density at radius 3 is 2.92 bits per heavy atom. The van der Waals surface area contributed by atoms with Crippen molar-refractivity contribution in [2.24, 2.45) is 0 Å². The summed E-state index contributed by atoms with van der Waals surface area (Å²) in [6.45, 7) is 0.103. The summed E-state index contributed by atoms with van der Waals surface area (Å²) in [7, 11) is 0. The van der Waals surface area contributed by atoms with Crippen molar-refractivity contribution in [1.82, 2.24) is 0 Å². The normalized spacial score (nSPS) is 10.0. The molecule has 0 spiro atoms. The zero-order valence-corrected chi connectivity index (χ0v) is 8.44. The molecule has 0 aromatic heterocycles. The van der Waals surface area contributed by atoms with Crippen LogP contribution in [0.5, 0.6) is 0 Å². The lowest BCUT2D eigenvalue weighted by molar-refractivity contribution is 0.112. The lowest BCUT2D eigenvalue weighted by atomic mass is 10.2. The van der Waals surface area contributed by atoms with Gasteiger partial charge >= 0.3 is 0 Å². The number of hydrogen-bond donors (Lipinski definition) is 1. The maximum absolute atomic E-state index is 10.6. The van der Waals surface area contributed by atoms with Crippen molar-refractivity contribution in [1.29, 1.82) is 0 Å². The highest BCUT2D eigenvalue weighted by atomic mass is 35.5. The predicted octanol–water partition coefficient (Wildman–Crippen LogP) is 2.24. The molecule has 0 aliphatic carbocycles. The molecule has 2 nitrogen and oxygen atoms in total. The number of aliphatic hydroxyl groups excluding tert-OH is 1. The first-order valence-electron chi connectivity index (χ1n) is 3.76. The largest absolute Gasteiger partial charge is 0.396 e. The Morgan fingerprint density at radius 1 is 1.54 bits per heavy atom. The van der Waals surface area contributed by atoms with Gasteiger partial charge in [-0.15, -0.1) is 11.8 Å². The van der Waals surface area contributed by atoms with E-state index in [1.165, 1.54) is 11.8 Å². The number of carbonyl (C=O) groups is 1. The van der Waals surface area contributed by atoms with Crippen LogP contribution in [0.3, 0.4) is 0 Å². The van der Waals surface area contributed by atoms with Crippen molar-refractivity contribution in [3.05, 3.63) is 28.8 Å². The van der Waals surface area contributed by atoms with Gasteiger partial charge in [-0.25, -0.2) is 0 Å². The predicted molar refractivity (Wildman–Crippen MR) is 54.6 cm³/mol. The minimum atomic E-state index is 0.103. The molecule has 1 aromatic carbocycles. The maximum Gasteiger partial charge on any atom is 0.151 e. The van der Waals surface area contributed by atoms with Crippen LogP contribution < -0.4 is 0 Å². The maximum atomic E-state index is 10.6. The molecule has 0 fully saturated rings. The van der Waals surface area contributed by atoms with E-state index in [2.05, 4.69) is 0 Å². The van der Waals surface area contributed by atoms with E-state index >= 15 is 0 Å². The molecule has 0 unspecified atom stereocenters. The number of thioether (sulfide) groups is 1. The number of aldehydes is 1. The van der Waals surface area contributed by atoms with Crippen LogP contribution in [0.1, 0.15) is 10.4 Å². The van der Waals surface area contributed by atoms with Gasteiger partial charge in [0, 0.05) is 21.2 Å². The van der Waals surface area contributed by atoms with E-state index < -0.39 is 0 Å². The Morgan fingerprint density at radius 2 is 2.31 bits per heavy atom. The van der Waals surface area contributed by atoms with Crippen molar-refractivity contribution in [2.75, 3.05) is 12.4 Å². The van der Waals surface area contributed by atoms with Crippen LogP contribution in [0.2, 0.25) is 5.02 Å². The zero-order chi connectivity index (χ0) is 9.68. The highest BCUT2D eigenvalue weighted by Gasteiger charge is 2.02. The average molecular weight is 217 g/mol. The highest BCUT2D eigenvalue weighted by molar-refractivity contribution is 7.99. The summed E-state index contributed by atoms with van der Waals surface area (Å²) < 4.78 is 0. The minimum Gasteiger partial charge on any atom is -0.396 e. The molecule has 4 heteroatoms. The van der Waals surface area contributed by atoms with Gasteiger partial charge in [0.15, 0.2) is 6.29 Å². The molecule has 1 aromatic rings. The first-order chi connectivity index (χ1) is 6.27. The number of aliphatic hydroxyl groups is 1. The molecule has 0 bridgehead atoms. The summed E-state index contributed by atoms with van der Waals surface area (Å²) in [5.41, 5.74) is 0.575. The van der Waals surface area contributed by atoms with E-state index in [9.17, 15) is 4.79 Å². The van der Waals surface area contributed by atoms with Crippen molar-refractivity contribution < 1.29 is 9.90 Å². The fraction of sp³-hybridized carbons (Fsp3) is 0.222. The second kappa shape index (κ2) is 5.27. The molecule has 1 rings (SSSR count). The van der Waals surface area contributed by atoms with E-state index in [0.717, 1.165) is 11.2 Å². The Hall–Kier alpha value is -0.510. The van der Waals surface area contributed by atoms with E-state index in [4.69, 9.17) is 16.7 Å². The van der Waals surface area contributed by atoms with Gasteiger partial charge in [0.25, 0.3) is 0 Å². The first-order valence-corrected chi connectivity index (χ1v) is 5.12. The average Bonchev–Trinajstić information content (AvgIpc) is 2.16. The van der Waals surface area contributed by atoms with Crippen LogP contribution in [-0.2, 0) is 0 Å². The van der Waals surface area contributed by atoms with Crippen LogP contribution in [0, 0.1) is 0 Å². The molecule has 1 N–H and O–H groups in total. The summed E-state index contributed by atoms with van der Waals surface area (Å²) in [4.78, 5) is 11.5. The van der Waals surface area contributed by atoms with Gasteiger partial charge < -0.3 is 5.11 Å². The van der Waals surface area contributed by atoms with E-state index in [0.29, 0.717) is 16.3 Å². The molecule has 0 aliphatic heterocycles. The summed E-state index contributed by atoms with van der Waals surface area (Å²) >= 11 is 7.15. The second-order valence-corrected chi connectivity index (χ2v) is 3.95. The fourth-order valence-corrected chi connectivity index (χ4v) is 1.83. The van der Waals surface area contributed by atoms with Crippen LogP contribution in [0.15, 0.2) is 23.1 Å². The summed E-state index contributed by atoms with van der Waals surface area (Å²) in [6, 6.07) is 5.13. The highest BCUT2D eigenvalue weighted by Crippen LogP contribution is 2.24. The monoisotopic (exact) mass is 216 g/mol. The zero-order valence-electron chi connectivity index (χ0n) is 6.87.